The van der Waals surface area contributed by atoms with Crippen molar-refractivity contribution in [2.24, 2.45) is 0 Å². The van der Waals surface area contributed by atoms with Gasteiger partial charge in [0.1, 0.15) is 23.7 Å². The van der Waals surface area contributed by atoms with Gasteiger partial charge in [0.05, 0.1) is 51.1 Å². The van der Waals surface area contributed by atoms with Gasteiger partial charge in [0, 0.05) is 18.7 Å². The van der Waals surface area contributed by atoms with Crippen molar-refractivity contribution in [3.05, 3.63) is 156 Å². The van der Waals surface area contributed by atoms with E-state index in [9.17, 15) is 19.2 Å². The summed E-state index contributed by atoms with van der Waals surface area (Å²) in [6.45, 7) is 5.43. The molecule has 4 amide bonds. The lowest BCUT2D eigenvalue weighted by molar-refractivity contribution is -0.135. The Morgan fingerprint density at radius 3 is 1.41 bits per heavy atom. The number of nitrogens with zero attached hydrogens (tertiary/aromatic N) is 4. The van der Waals surface area contributed by atoms with Crippen LogP contribution in [0.4, 0.5) is 9.59 Å². The molecule has 0 bridgehead atoms. The first-order valence-corrected chi connectivity index (χ1v) is 21.3. The average molecular weight is 861 g/mol. The minimum Gasteiger partial charge on any atom is -0.453 e. The molecular weight excluding hydrogens is 809 g/mol. The summed E-state index contributed by atoms with van der Waals surface area (Å²) in [5, 5.41) is 7.53. The van der Waals surface area contributed by atoms with Gasteiger partial charge in [-0.05, 0) is 63.6 Å². The molecule has 64 heavy (non-hydrogen) atoms. The number of aromatic amines is 2. The Labute approximate surface area is 372 Å². The fraction of sp³-hybridized carbons (Fsp3) is 0.240. The first-order valence-electron chi connectivity index (χ1n) is 21.3. The summed E-state index contributed by atoms with van der Waals surface area (Å²) in [5.74, 6) is 0.741. The van der Waals surface area contributed by atoms with Gasteiger partial charge in [-0.15, -0.1) is 0 Å². The lowest BCUT2D eigenvalue weighted by Gasteiger charge is -2.27. The van der Waals surface area contributed by atoms with Crippen LogP contribution in [0.3, 0.4) is 0 Å². The van der Waals surface area contributed by atoms with E-state index in [0.717, 1.165) is 57.3 Å². The van der Waals surface area contributed by atoms with E-state index in [1.165, 1.54) is 14.2 Å². The van der Waals surface area contributed by atoms with Crippen molar-refractivity contribution in [1.29, 1.82) is 0 Å². The molecule has 5 aromatic carbocycles. The Morgan fingerprint density at radius 2 is 0.953 bits per heavy atom. The molecule has 0 radical (unpaired) electrons. The molecule has 2 unspecified atom stereocenters. The summed E-state index contributed by atoms with van der Waals surface area (Å²) in [7, 11) is 2.54. The molecule has 0 saturated heterocycles. The third-order valence-corrected chi connectivity index (χ3v) is 10.9. The number of carbonyl (C=O) groups excluding carboxylic acids is 4. The molecule has 4 N–H and O–H groups in total. The highest BCUT2D eigenvalue weighted by molar-refractivity contribution is 5.91. The van der Waals surface area contributed by atoms with Crippen molar-refractivity contribution < 1.29 is 28.7 Å². The number of nitrogens with one attached hydrogen (secondary N) is 4. The second kappa shape index (κ2) is 20.9. The van der Waals surface area contributed by atoms with Crippen molar-refractivity contribution in [2.45, 2.75) is 51.9 Å². The first kappa shape index (κ1) is 44.3. The van der Waals surface area contributed by atoms with Crippen LogP contribution in [-0.2, 0) is 32.2 Å². The van der Waals surface area contributed by atoms with Gasteiger partial charge in [0.2, 0.25) is 11.8 Å². The van der Waals surface area contributed by atoms with Crippen LogP contribution in [0, 0.1) is 0 Å². The highest BCUT2D eigenvalue weighted by Gasteiger charge is 2.30. The quantitative estimate of drug-likeness (QED) is 0.0702. The van der Waals surface area contributed by atoms with Crippen molar-refractivity contribution in [3.63, 3.8) is 0 Å². The number of hydrogen-bond acceptors (Lipinski definition) is 8. The highest BCUT2D eigenvalue weighted by atomic mass is 16.5. The van der Waals surface area contributed by atoms with Crippen molar-refractivity contribution in [3.8, 4) is 33.6 Å². The Morgan fingerprint density at radius 1 is 0.547 bits per heavy atom. The van der Waals surface area contributed by atoms with Crippen LogP contribution in [-0.4, -0.2) is 81.0 Å². The average Bonchev–Trinajstić information content (AvgIpc) is 4.02. The number of rotatable bonds is 17. The summed E-state index contributed by atoms with van der Waals surface area (Å²) in [4.78, 5) is 71.5. The number of hydrogen-bond donors (Lipinski definition) is 4. The molecule has 7 aromatic rings. The number of aromatic nitrogens is 4. The Hall–Kier alpha value is -7.74. The molecular formula is C50H52N8O6. The predicted octanol–water partition coefficient (Wildman–Crippen LogP) is 8.96. The highest BCUT2D eigenvalue weighted by Crippen LogP contribution is 2.30. The number of carbonyl (C=O) groups is 4. The van der Waals surface area contributed by atoms with E-state index >= 15 is 0 Å². The third-order valence-electron chi connectivity index (χ3n) is 10.9. The zero-order valence-electron chi connectivity index (χ0n) is 36.3. The van der Waals surface area contributed by atoms with Gasteiger partial charge in [-0.1, -0.05) is 123 Å². The van der Waals surface area contributed by atoms with Gasteiger partial charge in [0.25, 0.3) is 0 Å². The molecule has 2 aromatic heterocycles. The van der Waals surface area contributed by atoms with Crippen LogP contribution in [0.15, 0.2) is 134 Å². The summed E-state index contributed by atoms with van der Waals surface area (Å²) in [6.07, 6.45) is 3.62. The number of alkyl carbamates (subject to hydrolysis) is 2. The summed E-state index contributed by atoms with van der Waals surface area (Å²) >= 11 is 0. The van der Waals surface area contributed by atoms with E-state index in [0.29, 0.717) is 35.9 Å². The topological polar surface area (TPSA) is 175 Å². The van der Waals surface area contributed by atoms with Crippen LogP contribution in [0.2, 0.25) is 0 Å². The molecule has 2 atom stereocenters. The van der Waals surface area contributed by atoms with Gasteiger partial charge in [-0.3, -0.25) is 9.59 Å². The maximum absolute atomic E-state index is 13.9. The maximum atomic E-state index is 13.9. The number of amides is 4. The zero-order chi connectivity index (χ0) is 45.0. The van der Waals surface area contributed by atoms with Gasteiger partial charge < -0.3 is 39.9 Å². The SMILES string of the molecule is CCCN(Cc1ncc(-c2ccc(-c3ccc4cc(-c5cnc(CN(CCC)C(=O)C(NC(=O)OC)c6ccccc6)[nH]5)ccc4c3)cc2)[nH]1)C(=O)C(NC(=O)OC)c1ccccc1. The molecule has 0 aliphatic carbocycles. The van der Waals surface area contributed by atoms with E-state index < -0.39 is 24.3 Å². The standard InChI is InChI=1S/C50H52N8O6/c1-5-25-57(47(59)45(55-49(61)63-3)35-13-9-7-10-14-35)31-43-51-29-41(53-43)34-19-17-33(18-20-34)37-21-22-39-28-40(24-23-38(39)27-37)42-30-52-44(54-42)32-58(26-6-2)48(60)46(56-50(62)64-4)36-15-11-8-12-16-36/h7-24,27-30,45-46H,5-6,25-26,31-32H2,1-4H3,(H,51,53)(H,52,54)(H,55,61)(H,56,62). The van der Waals surface area contributed by atoms with Gasteiger partial charge in [0.15, 0.2) is 0 Å². The van der Waals surface area contributed by atoms with Gasteiger partial charge in [-0.25, -0.2) is 19.6 Å². The molecule has 0 aliphatic rings. The summed E-state index contributed by atoms with van der Waals surface area (Å²) in [6, 6.07) is 37.3. The van der Waals surface area contributed by atoms with Crippen molar-refractivity contribution in [1.82, 2.24) is 40.4 Å². The monoisotopic (exact) mass is 860 g/mol. The summed E-state index contributed by atoms with van der Waals surface area (Å²) < 4.78 is 9.64. The Bertz CT molecular complexity index is 2680. The number of fused-ring (bicyclic) bond motifs is 1. The second-order valence-corrected chi connectivity index (χ2v) is 15.3. The molecule has 0 aliphatic heterocycles. The third kappa shape index (κ3) is 10.6. The molecule has 0 spiro atoms. The predicted molar refractivity (Wildman–Crippen MR) is 245 cm³/mol. The minimum absolute atomic E-state index is 0.238. The van der Waals surface area contributed by atoms with E-state index in [4.69, 9.17) is 9.47 Å². The molecule has 14 heteroatoms. The normalized spacial score (nSPS) is 11.9. The van der Waals surface area contributed by atoms with E-state index in [2.05, 4.69) is 79.1 Å². The van der Waals surface area contributed by atoms with Crippen LogP contribution < -0.4 is 10.6 Å². The van der Waals surface area contributed by atoms with Crippen molar-refractivity contribution in [2.75, 3.05) is 27.3 Å². The largest absolute Gasteiger partial charge is 0.453 e. The fourth-order valence-electron chi connectivity index (χ4n) is 7.63. The Kier molecular flexibility index (Phi) is 14.5. The summed E-state index contributed by atoms with van der Waals surface area (Å²) in [5.41, 5.74) is 7.00. The van der Waals surface area contributed by atoms with Crippen molar-refractivity contribution >= 4 is 34.8 Å². The second-order valence-electron chi connectivity index (χ2n) is 15.3. The minimum atomic E-state index is -0.908. The lowest BCUT2D eigenvalue weighted by Crippen LogP contribution is -2.43. The van der Waals surface area contributed by atoms with Crippen LogP contribution in [0.5, 0.6) is 0 Å². The van der Waals surface area contributed by atoms with E-state index in [1.807, 2.05) is 62.4 Å². The first-order chi connectivity index (χ1) is 31.2. The smallest absolute Gasteiger partial charge is 0.407 e. The molecule has 0 fully saturated rings. The Balaban J connectivity index is 1.02. The van der Waals surface area contributed by atoms with Gasteiger partial charge in [-0.2, -0.15) is 0 Å². The van der Waals surface area contributed by atoms with Crippen LogP contribution in [0.1, 0.15) is 61.5 Å². The number of methoxy groups -OCH3 is 2. The molecule has 14 nitrogen and oxygen atoms in total. The molecule has 2 heterocycles. The number of H-pyrrole nitrogens is 2. The molecule has 0 saturated carbocycles. The van der Waals surface area contributed by atoms with Crippen LogP contribution >= 0.6 is 0 Å². The number of benzene rings is 5. The molecule has 328 valence electrons. The fourth-order valence-corrected chi connectivity index (χ4v) is 7.63. The molecule has 7 rings (SSSR count). The maximum Gasteiger partial charge on any atom is 0.407 e. The number of ether oxygens (including phenoxy) is 2. The lowest BCUT2D eigenvalue weighted by atomic mass is 9.98. The van der Waals surface area contributed by atoms with Crippen LogP contribution in [0.25, 0.3) is 44.4 Å². The van der Waals surface area contributed by atoms with E-state index in [-0.39, 0.29) is 24.9 Å². The van der Waals surface area contributed by atoms with E-state index in [1.54, 1.807) is 46.5 Å². The number of imidazole rings is 2. The van der Waals surface area contributed by atoms with Gasteiger partial charge >= 0.3 is 12.2 Å². The zero-order valence-corrected chi connectivity index (χ0v) is 36.3.